The minimum Gasteiger partial charge on any atom is -0.330 e. The van der Waals surface area contributed by atoms with Crippen molar-refractivity contribution in [1.82, 2.24) is 9.62 Å². The van der Waals surface area contributed by atoms with Gasteiger partial charge in [0.25, 0.3) is 0 Å². The highest BCUT2D eigenvalue weighted by atomic mass is 32.2. The monoisotopic (exact) mass is 289 g/mol. The van der Waals surface area contributed by atoms with Crippen LogP contribution in [0.3, 0.4) is 0 Å². The third-order valence-corrected chi connectivity index (χ3v) is 5.89. The summed E-state index contributed by atoms with van der Waals surface area (Å²) >= 11 is 0. The Bertz CT molecular complexity index is 377. The van der Waals surface area contributed by atoms with Crippen molar-refractivity contribution in [2.24, 2.45) is 11.7 Å². The van der Waals surface area contributed by atoms with Gasteiger partial charge in [-0.15, -0.1) is 0 Å². The minimum atomic E-state index is -3.01. The molecule has 2 aliphatic rings. The number of piperidine rings is 1. The van der Waals surface area contributed by atoms with E-state index in [-0.39, 0.29) is 0 Å². The predicted molar refractivity (Wildman–Crippen MR) is 77.4 cm³/mol. The smallest absolute Gasteiger partial charge is 0.211 e. The lowest BCUT2D eigenvalue weighted by molar-refractivity contribution is 0.211. The Morgan fingerprint density at radius 2 is 1.79 bits per heavy atom. The Labute approximate surface area is 117 Å². The van der Waals surface area contributed by atoms with E-state index >= 15 is 0 Å². The Balaban J connectivity index is 1.82. The van der Waals surface area contributed by atoms with E-state index < -0.39 is 10.0 Å². The quantitative estimate of drug-likeness (QED) is 0.791. The molecule has 1 heterocycles. The summed E-state index contributed by atoms with van der Waals surface area (Å²) in [7, 11) is -3.01. The maximum Gasteiger partial charge on any atom is 0.211 e. The predicted octanol–water partition coefficient (Wildman–Crippen LogP) is 0.518. The maximum absolute atomic E-state index is 11.5. The zero-order valence-electron chi connectivity index (χ0n) is 11.8. The van der Waals surface area contributed by atoms with Gasteiger partial charge < -0.3 is 11.1 Å². The fourth-order valence-corrected chi connectivity index (χ4v) is 4.24. The minimum absolute atomic E-state index is 0.454. The van der Waals surface area contributed by atoms with E-state index in [1.165, 1.54) is 31.9 Å². The van der Waals surface area contributed by atoms with Crippen LogP contribution in [0.1, 0.15) is 38.5 Å². The van der Waals surface area contributed by atoms with E-state index in [2.05, 4.69) is 5.32 Å². The maximum atomic E-state index is 11.5. The van der Waals surface area contributed by atoms with Crippen LogP contribution in [0.25, 0.3) is 0 Å². The molecule has 1 aliphatic heterocycles. The molecule has 3 N–H and O–H groups in total. The highest BCUT2D eigenvalue weighted by molar-refractivity contribution is 7.88. The summed E-state index contributed by atoms with van der Waals surface area (Å²) in [6, 6.07) is 0.990. The highest BCUT2D eigenvalue weighted by Crippen LogP contribution is 2.25. The number of hydrogen-bond donors (Lipinski definition) is 2. The van der Waals surface area contributed by atoms with Crippen LogP contribution in [0.4, 0.5) is 0 Å². The standard InChI is InChI=1S/C13H27N3O2S/c1-19(17,18)16-8-6-12(7-9-16)15-13-5-3-2-4-11(13)10-14/h11-13,15H,2-10,14H2,1H3. The van der Waals surface area contributed by atoms with Gasteiger partial charge in [-0.05, 0) is 38.1 Å². The van der Waals surface area contributed by atoms with Crippen molar-refractivity contribution in [2.75, 3.05) is 25.9 Å². The molecule has 0 amide bonds. The van der Waals surface area contributed by atoms with Gasteiger partial charge in [-0.1, -0.05) is 12.8 Å². The third kappa shape index (κ3) is 4.15. The molecule has 1 aliphatic carbocycles. The number of nitrogens with one attached hydrogen (secondary N) is 1. The zero-order valence-corrected chi connectivity index (χ0v) is 12.7. The number of sulfonamides is 1. The Morgan fingerprint density at radius 3 is 2.37 bits per heavy atom. The van der Waals surface area contributed by atoms with Crippen LogP contribution in [0.5, 0.6) is 0 Å². The molecule has 1 saturated heterocycles. The average molecular weight is 289 g/mol. The summed E-state index contributed by atoms with van der Waals surface area (Å²) < 4.78 is 24.5. The van der Waals surface area contributed by atoms with Gasteiger partial charge in [0.05, 0.1) is 6.26 Å². The molecular formula is C13H27N3O2S. The SMILES string of the molecule is CS(=O)(=O)N1CCC(NC2CCCCC2CN)CC1. The van der Waals surface area contributed by atoms with Gasteiger partial charge in [-0.3, -0.25) is 0 Å². The van der Waals surface area contributed by atoms with Crippen molar-refractivity contribution in [1.29, 1.82) is 0 Å². The van der Waals surface area contributed by atoms with E-state index in [0.717, 1.165) is 19.4 Å². The van der Waals surface area contributed by atoms with Crippen LogP contribution >= 0.6 is 0 Å². The van der Waals surface area contributed by atoms with E-state index in [4.69, 9.17) is 5.73 Å². The molecule has 0 radical (unpaired) electrons. The van der Waals surface area contributed by atoms with Crippen molar-refractivity contribution in [3.8, 4) is 0 Å². The van der Waals surface area contributed by atoms with Crippen molar-refractivity contribution in [3.05, 3.63) is 0 Å². The second-order valence-corrected chi connectivity index (χ2v) is 7.97. The summed E-state index contributed by atoms with van der Waals surface area (Å²) in [6.45, 7) is 2.06. The number of nitrogens with zero attached hydrogens (tertiary/aromatic N) is 1. The van der Waals surface area contributed by atoms with Gasteiger partial charge in [0.1, 0.15) is 0 Å². The lowest BCUT2D eigenvalue weighted by Gasteiger charge is -2.37. The molecule has 2 atom stereocenters. The third-order valence-electron chi connectivity index (χ3n) is 4.58. The van der Waals surface area contributed by atoms with Gasteiger partial charge in [-0.2, -0.15) is 0 Å². The van der Waals surface area contributed by atoms with Crippen molar-refractivity contribution < 1.29 is 8.42 Å². The summed E-state index contributed by atoms with van der Waals surface area (Å²) in [5.74, 6) is 0.599. The molecule has 2 rings (SSSR count). The first-order chi connectivity index (χ1) is 9.00. The highest BCUT2D eigenvalue weighted by Gasteiger charge is 2.29. The molecule has 6 heteroatoms. The van der Waals surface area contributed by atoms with Crippen LogP contribution in [0.2, 0.25) is 0 Å². The molecule has 0 spiro atoms. The Kier molecular flexibility index (Phi) is 5.22. The van der Waals surface area contributed by atoms with Crippen LogP contribution < -0.4 is 11.1 Å². The number of hydrogen-bond acceptors (Lipinski definition) is 4. The Morgan fingerprint density at radius 1 is 1.16 bits per heavy atom. The first-order valence-electron chi connectivity index (χ1n) is 7.42. The molecule has 0 aromatic rings. The first-order valence-corrected chi connectivity index (χ1v) is 9.27. The molecule has 112 valence electrons. The van der Waals surface area contributed by atoms with Gasteiger partial charge in [-0.25, -0.2) is 12.7 Å². The van der Waals surface area contributed by atoms with Gasteiger partial charge in [0.15, 0.2) is 0 Å². The zero-order chi connectivity index (χ0) is 13.9. The van der Waals surface area contributed by atoms with E-state index in [0.29, 0.717) is 31.1 Å². The summed E-state index contributed by atoms with van der Waals surface area (Å²) in [4.78, 5) is 0. The fourth-order valence-electron chi connectivity index (χ4n) is 3.37. The van der Waals surface area contributed by atoms with E-state index in [9.17, 15) is 8.42 Å². The molecule has 2 fully saturated rings. The molecule has 2 unspecified atom stereocenters. The van der Waals surface area contributed by atoms with Crippen LogP contribution in [-0.4, -0.2) is 50.7 Å². The van der Waals surface area contributed by atoms with E-state index in [1.807, 2.05) is 0 Å². The summed E-state index contributed by atoms with van der Waals surface area (Å²) in [5.41, 5.74) is 5.85. The van der Waals surface area contributed by atoms with E-state index in [1.54, 1.807) is 4.31 Å². The fraction of sp³-hybridized carbons (Fsp3) is 1.00. The first kappa shape index (κ1) is 15.2. The van der Waals surface area contributed by atoms with Gasteiger partial charge in [0, 0.05) is 25.2 Å². The normalized spacial score (nSPS) is 31.5. The van der Waals surface area contributed by atoms with Crippen LogP contribution in [0, 0.1) is 5.92 Å². The molecule has 5 nitrogen and oxygen atoms in total. The molecule has 0 aromatic heterocycles. The average Bonchev–Trinajstić information content (AvgIpc) is 2.39. The van der Waals surface area contributed by atoms with Crippen LogP contribution in [0.15, 0.2) is 0 Å². The number of rotatable bonds is 4. The molecule has 0 bridgehead atoms. The topological polar surface area (TPSA) is 75.4 Å². The number of nitrogens with two attached hydrogens (primary N) is 1. The molecule has 0 aromatic carbocycles. The van der Waals surface area contributed by atoms with Crippen molar-refractivity contribution in [3.63, 3.8) is 0 Å². The second kappa shape index (κ2) is 6.52. The second-order valence-electron chi connectivity index (χ2n) is 5.99. The van der Waals surface area contributed by atoms with Gasteiger partial charge in [0.2, 0.25) is 10.0 Å². The summed E-state index contributed by atoms with van der Waals surface area (Å²) in [5, 5.41) is 3.73. The molecule has 19 heavy (non-hydrogen) atoms. The largest absolute Gasteiger partial charge is 0.330 e. The lowest BCUT2D eigenvalue weighted by atomic mass is 9.83. The van der Waals surface area contributed by atoms with Gasteiger partial charge >= 0.3 is 0 Å². The van der Waals surface area contributed by atoms with Crippen LogP contribution in [-0.2, 0) is 10.0 Å². The summed E-state index contributed by atoms with van der Waals surface area (Å²) in [6.07, 6.45) is 8.17. The van der Waals surface area contributed by atoms with Crippen molar-refractivity contribution in [2.45, 2.75) is 50.6 Å². The molecular weight excluding hydrogens is 262 g/mol. The van der Waals surface area contributed by atoms with Crippen molar-refractivity contribution >= 4 is 10.0 Å². The molecule has 1 saturated carbocycles. The Hall–Kier alpha value is -0.170. The lowest BCUT2D eigenvalue weighted by Crippen LogP contribution is -2.51.